The van der Waals surface area contributed by atoms with Crippen LogP contribution in [0.1, 0.15) is 13.3 Å². The Morgan fingerprint density at radius 2 is 2.05 bits per heavy atom. The quantitative estimate of drug-likeness (QED) is 0.430. The van der Waals surface area contributed by atoms with E-state index in [9.17, 15) is 19.2 Å². The van der Waals surface area contributed by atoms with E-state index in [1.807, 2.05) is 0 Å². The Labute approximate surface area is 137 Å². The number of thioether (sulfide) groups is 1. The Morgan fingerprint density at radius 3 is 2.64 bits per heavy atom. The van der Waals surface area contributed by atoms with E-state index in [0.29, 0.717) is 16.6 Å². The number of ether oxygens (including phenoxy) is 1. The highest BCUT2D eigenvalue weighted by atomic mass is 32.2. The van der Waals surface area contributed by atoms with Gasteiger partial charge < -0.3 is 15.4 Å². The van der Waals surface area contributed by atoms with Crippen LogP contribution in [0, 0.1) is 0 Å². The van der Waals surface area contributed by atoms with Crippen LogP contribution in [-0.2, 0) is 23.9 Å². The van der Waals surface area contributed by atoms with E-state index in [1.165, 1.54) is 23.6 Å². The number of rotatable bonds is 8. The average Bonchev–Trinajstić information content (AvgIpc) is 2.76. The Morgan fingerprint density at radius 1 is 1.32 bits per heavy atom. The number of amides is 3. The van der Waals surface area contributed by atoms with Crippen molar-refractivity contribution in [1.82, 2.24) is 15.5 Å². The molecule has 1 aliphatic heterocycles. The molecule has 1 rings (SSSR count). The van der Waals surface area contributed by atoms with Crippen LogP contribution >= 0.6 is 24.0 Å². The Balaban J connectivity index is 2.10. The highest BCUT2D eigenvalue weighted by Crippen LogP contribution is 2.18. The summed E-state index contributed by atoms with van der Waals surface area (Å²) in [5.74, 6) is -1.01. The summed E-state index contributed by atoms with van der Waals surface area (Å²) < 4.78 is 5.24. The molecular weight excluding hydrogens is 330 g/mol. The molecule has 0 aliphatic carbocycles. The number of esters is 1. The molecule has 0 aromatic rings. The number of nitrogens with one attached hydrogen (secondary N) is 2. The fourth-order valence-electron chi connectivity index (χ4n) is 1.51. The van der Waals surface area contributed by atoms with Gasteiger partial charge in [-0.1, -0.05) is 24.0 Å². The highest BCUT2D eigenvalue weighted by Gasteiger charge is 2.25. The number of carbonyl (C=O) groups is 4. The largest absolute Gasteiger partial charge is 0.456 e. The fourth-order valence-corrected chi connectivity index (χ4v) is 2.64. The number of nitrogens with zero attached hydrogens (tertiary/aromatic N) is 1. The van der Waals surface area contributed by atoms with Gasteiger partial charge in [0, 0.05) is 26.6 Å². The third-order valence-electron chi connectivity index (χ3n) is 2.57. The van der Waals surface area contributed by atoms with Crippen molar-refractivity contribution < 1.29 is 23.9 Å². The second-order valence-corrected chi connectivity index (χ2v) is 5.95. The first-order valence-corrected chi connectivity index (χ1v) is 7.93. The van der Waals surface area contributed by atoms with E-state index >= 15 is 0 Å². The van der Waals surface area contributed by atoms with Crippen molar-refractivity contribution in [3.05, 3.63) is 0 Å². The smallest absolute Gasteiger partial charge is 0.308 e. The van der Waals surface area contributed by atoms with Gasteiger partial charge in [-0.05, 0) is 0 Å². The van der Waals surface area contributed by atoms with Crippen LogP contribution in [0.25, 0.3) is 0 Å². The van der Waals surface area contributed by atoms with Crippen LogP contribution in [0.4, 0.5) is 0 Å². The molecule has 2 N–H and O–H groups in total. The second kappa shape index (κ2) is 9.36. The topological polar surface area (TPSA) is 105 Å². The molecule has 0 aromatic heterocycles. The highest BCUT2D eigenvalue weighted by molar-refractivity contribution is 8.23. The number of thiocarbonyl (C=S) groups is 1. The summed E-state index contributed by atoms with van der Waals surface area (Å²) in [7, 11) is 0. The first kappa shape index (κ1) is 18.4. The van der Waals surface area contributed by atoms with E-state index in [4.69, 9.17) is 17.0 Å². The minimum atomic E-state index is -0.573. The van der Waals surface area contributed by atoms with Gasteiger partial charge in [0.15, 0.2) is 6.61 Å². The van der Waals surface area contributed by atoms with Gasteiger partial charge in [0.1, 0.15) is 4.32 Å². The SMILES string of the molecule is CC(=O)NCCC(=O)OCC(=O)NCCN1C(=O)CSC1=S. The van der Waals surface area contributed by atoms with Crippen LogP contribution in [-0.4, -0.2) is 64.9 Å². The normalized spacial score (nSPS) is 14.0. The molecule has 0 spiro atoms. The van der Waals surface area contributed by atoms with Crippen LogP contribution in [0.3, 0.4) is 0 Å². The van der Waals surface area contributed by atoms with E-state index in [1.54, 1.807) is 0 Å². The summed E-state index contributed by atoms with van der Waals surface area (Å²) in [6, 6.07) is 0. The lowest BCUT2D eigenvalue weighted by Gasteiger charge is -2.15. The monoisotopic (exact) mass is 347 g/mol. The van der Waals surface area contributed by atoms with Gasteiger partial charge in [0.2, 0.25) is 11.8 Å². The lowest BCUT2D eigenvalue weighted by Crippen LogP contribution is -2.38. The van der Waals surface area contributed by atoms with Gasteiger partial charge in [-0.25, -0.2) is 0 Å². The molecule has 3 amide bonds. The van der Waals surface area contributed by atoms with Crippen LogP contribution < -0.4 is 10.6 Å². The molecule has 22 heavy (non-hydrogen) atoms. The molecule has 1 heterocycles. The first-order chi connectivity index (χ1) is 10.4. The van der Waals surface area contributed by atoms with Gasteiger partial charge in [-0.2, -0.15) is 0 Å². The lowest BCUT2D eigenvalue weighted by molar-refractivity contribution is -0.148. The summed E-state index contributed by atoms with van der Waals surface area (Å²) in [4.78, 5) is 46.2. The lowest BCUT2D eigenvalue weighted by atomic mass is 10.4. The molecule has 10 heteroatoms. The summed E-state index contributed by atoms with van der Waals surface area (Å²) in [5, 5.41) is 4.98. The van der Waals surface area contributed by atoms with Crippen LogP contribution in [0.2, 0.25) is 0 Å². The molecule has 0 unspecified atom stereocenters. The Bertz CT molecular complexity index is 467. The molecule has 0 aromatic carbocycles. The summed E-state index contributed by atoms with van der Waals surface area (Å²) in [6.07, 6.45) is 0.000628. The van der Waals surface area contributed by atoms with Crippen molar-refractivity contribution in [1.29, 1.82) is 0 Å². The summed E-state index contributed by atoms with van der Waals surface area (Å²) in [5.41, 5.74) is 0. The third-order valence-corrected chi connectivity index (χ3v) is 4.00. The van der Waals surface area contributed by atoms with Crippen LogP contribution in [0.15, 0.2) is 0 Å². The van der Waals surface area contributed by atoms with Crippen molar-refractivity contribution in [3.63, 3.8) is 0 Å². The second-order valence-electron chi connectivity index (χ2n) is 4.34. The Kier molecular flexibility index (Phi) is 7.82. The van der Waals surface area contributed by atoms with E-state index in [2.05, 4.69) is 10.6 Å². The maximum Gasteiger partial charge on any atom is 0.308 e. The molecule has 1 aliphatic rings. The molecule has 122 valence electrons. The zero-order valence-electron chi connectivity index (χ0n) is 12.0. The molecule has 1 fully saturated rings. The molecule has 0 radical (unpaired) electrons. The van der Waals surface area contributed by atoms with Crippen molar-refractivity contribution in [3.8, 4) is 0 Å². The maximum atomic E-state index is 11.5. The van der Waals surface area contributed by atoms with Gasteiger partial charge in [0.25, 0.3) is 5.91 Å². The van der Waals surface area contributed by atoms with Crippen LogP contribution in [0.5, 0.6) is 0 Å². The number of hydrogen-bond donors (Lipinski definition) is 2. The van der Waals surface area contributed by atoms with Crippen molar-refractivity contribution in [2.45, 2.75) is 13.3 Å². The summed E-state index contributed by atoms with van der Waals surface area (Å²) in [6.45, 7) is 1.64. The van der Waals surface area contributed by atoms with Crippen molar-refractivity contribution >= 4 is 52.0 Å². The van der Waals surface area contributed by atoms with Gasteiger partial charge in [-0.3, -0.25) is 24.1 Å². The van der Waals surface area contributed by atoms with E-state index in [0.717, 1.165) is 0 Å². The molecular formula is C12H17N3O5S2. The first-order valence-electron chi connectivity index (χ1n) is 6.54. The fraction of sp³-hybridized carbons (Fsp3) is 0.583. The molecule has 0 atom stereocenters. The zero-order chi connectivity index (χ0) is 16.5. The van der Waals surface area contributed by atoms with Gasteiger partial charge >= 0.3 is 5.97 Å². The van der Waals surface area contributed by atoms with Crippen molar-refractivity contribution in [2.75, 3.05) is 32.0 Å². The summed E-state index contributed by atoms with van der Waals surface area (Å²) >= 11 is 6.29. The molecule has 8 nitrogen and oxygen atoms in total. The van der Waals surface area contributed by atoms with E-state index in [-0.39, 0.29) is 31.3 Å². The number of carbonyl (C=O) groups excluding carboxylic acids is 4. The molecule has 0 saturated carbocycles. The predicted molar refractivity (Wildman–Crippen MR) is 84.0 cm³/mol. The van der Waals surface area contributed by atoms with Gasteiger partial charge in [-0.15, -0.1) is 0 Å². The minimum Gasteiger partial charge on any atom is -0.456 e. The number of hydrogen-bond acceptors (Lipinski definition) is 7. The van der Waals surface area contributed by atoms with Crippen molar-refractivity contribution in [2.24, 2.45) is 0 Å². The standard InChI is InChI=1S/C12H17N3O5S2/c1-8(16)13-3-2-11(19)20-6-9(17)14-4-5-15-10(18)7-22-12(15)21/h2-7H2,1H3,(H,13,16)(H,14,17). The third kappa shape index (κ3) is 6.85. The Hall–Kier alpha value is -1.68. The molecule has 0 bridgehead atoms. The average molecular weight is 347 g/mol. The predicted octanol–water partition coefficient (Wildman–Crippen LogP) is -0.968. The van der Waals surface area contributed by atoms with Gasteiger partial charge in [0.05, 0.1) is 12.2 Å². The van der Waals surface area contributed by atoms with E-state index < -0.39 is 18.5 Å². The maximum absolute atomic E-state index is 11.5. The zero-order valence-corrected chi connectivity index (χ0v) is 13.7. The molecule has 1 saturated heterocycles. The minimum absolute atomic E-state index is 0.000628.